The molecule has 0 amide bonds. The van der Waals surface area contributed by atoms with Crippen LogP contribution < -0.4 is 0 Å². The van der Waals surface area contributed by atoms with Crippen molar-refractivity contribution in [3.63, 3.8) is 0 Å². The fourth-order valence-corrected chi connectivity index (χ4v) is 5.49. The molecule has 0 fully saturated rings. The molecule has 3 heteroatoms. The van der Waals surface area contributed by atoms with Gasteiger partial charge in [-0.15, -0.1) is 0 Å². The van der Waals surface area contributed by atoms with E-state index in [9.17, 15) is 0 Å². The Hall–Kier alpha value is -0.153. The van der Waals surface area contributed by atoms with Gasteiger partial charge < -0.3 is 4.57 Å². The van der Waals surface area contributed by atoms with E-state index < -0.39 is 8.24 Å². The molecule has 0 aromatic heterocycles. The van der Waals surface area contributed by atoms with Gasteiger partial charge in [0.1, 0.15) is 8.24 Å². The molecule has 0 aromatic rings. The maximum atomic E-state index is 4.70. The van der Waals surface area contributed by atoms with Gasteiger partial charge in [-0.25, -0.2) is 0 Å². The summed E-state index contributed by atoms with van der Waals surface area (Å²) in [7, 11) is -1.22. The van der Waals surface area contributed by atoms with Crippen molar-refractivity contribution in [2.24, 2.45) is 4.99 Å². The summed E-state index contributed by atoms with van der Waals surface area (Å²) >= 11 is 0. The smallest absolute Gasteiger partial charge is 0.120 e. The SMILES string of the molecule is CCC1N=CC(C)N([Si](C)(C)C)C1CC. The average Bonchev–Trinajstić information content (AvgIpc) is 2.15. The molecule has 1 aliphatic rings. The van der Waals surface area contributed by atoms with E-state index >= 15 is 0 Å². The molecule has 0 aromatic carbocycles. The van der Waals surface area contributed by atoms with Crippen LogP contribution in [0.5, 0.6) is 0 Å². The third kappa shape index (κ3) is 2.70. The normalized spacial score (nSPS) is 33.3. The lowest BCUT2D eigenvalue weighted by Gasteiger charge is -2.48. The van der Waals surface area contributed by atoms with Gasteiger partial charge in [0, 0.05) is 18.3 Å². The predicted molar refractivity (Wildman–Crippen MR) is 71.3 cm³/mol. The molecule has 0 bridgehead atoms. The summed E-state index contributed by atoms with van der Waals surface area (Å²) in [6.45, 7) is 14.2. The second-order valence-electron chi connectivity index (χ2n) is 5.57. The van der Waals surface area contributed by atoms with Crippen LogP contribution in [0.3, 0.4) is 0 Å². The van der Waals surface area contributed by atoms with E-state index in [-0.39, 0.29) is 0 Å². The Labute approximate surface area is 95.9 Å². The van der Waals surface area contributed by atoms with Crippen LogP contribution in [0.1, 0.15) is 33.6 Å². The van der Waals surface area contributed by atoms with E-state index in [0.717, 1.165) is 0 Å². The molecule has 0 saturated heterocycles. The van der Waals surface area contributed by atoms with E-state index in [2.05, 4.69) is 51.2 Å². The minimum atomic E-state index is -1.22. The Kier molecular flexibility index (Phi) is 4.12. The summed E-state index contributed by atoms with van der Waals surface area (Å²) in [6, 6.07) is 1.73. The van der Waals surface area contributed by atoms with Crippen LogP contribution in [0.4, 0.5) is 0 Å². The van der Waals surface area contributed by atoms with E-state index in [1.165, 1.54) is 12.8 Å². The van der Waals surface area contributed by atoms with Gasteiger partial charge in [0.15, 0.2) is 0 Å². The zero-order chi connectivity index (χ0) is 11.6. The second kappa shape index (κ2) is 4.79. The van der Waals surface area contributed by atoms with Crippen molar-refractivity contribution in [3.05, 3.63) is 0 Å². The predicted octanol–water partition coefficient (Wildman–Crippen LogP) is 3.15. The zero-order valence-electron chi connectivity index (χ0n) is 11.1. The monoisotopic (exact) mass is 226 g/mol. The molecule has 2 nitrogen and oxygen atoms in total. The third-order valence-electron chi connectivity index (χ3n) is 3.34. The number of rotatable bonds is 3. The van der Waals surface area contributed by atoms with E-state index in [4.69, 9.17) is 4.99 Å². The third-order valence-corrected chi connectivity index (χ3v) is 5.63. The molecule has 0 aliphatic carbocycles. The number of aliphatic imine (C=N–C) groups is 1. The van der Waals surface area contributed by atoms with E-state index in [1.54, 1.807) is 0 Å². The molecule has 0 N–H and O–H groups in total. The fourth-order valence-electron chi connectivity index (χ4n) is 2.85. The summed E-state index contributed by atoms with van der Waals surface area (Å²) in [5.41, 5.74) is 0. The first-order valence-electron chi connectivity index (χ1n) is 6.23. The van der Waals surface area contributed by atoms with Crippen LogP contribution in [-0.4, -0.2) is 37.1 Å². The van der Waals surface area contributed by atoms with Crippen LogP contribution >= 0.6 is 0 Å². The van der Waals surface area contributed by atoms with Crippen molar-refractivity contribution < 1.29 is 0 Å². The molecule has 0 saturated carbocycles. The summed E-state index contributed by atoms with van der Waals surface area (Å²) in [4.78, 5) is 4.70. The lowest BCUT2D eigenvalue weighted by atomic mass is 10.0. The molecular formula is C12H26N2Si. The molecule has 0 radical (unpaired) electrons. The lowest BCUT2D eigenvalue weighted by Crippen LogP contribution is -2.61. The zero-order valence-corrected chi connectivity index (χ0v) is 12.1. The quantitative estimate of drug-likeness (QED) is 0.675. The number of hydrogen-bond acceptors (Lipinski definition) is 2. The standard InChI is InChI=1S/C12H26N2Si/c1-7-11-12(8-2)14(15(4,5)6)10(3)9-13-11/h9-12H,7-8H2,1-6H3. The molecule has 1 aliphatic heterocycles. The number of nitrogens with zero attached hydrogens (tertiary/aromatic N) is 2. The van der Waals surface area contributed by atoms with Gasteiger partial charge in [-0.05, 0) is 19.8 Å². The Morgan fingerprint density at radius 2 is 1.80 bits per heavy atom. The van der Waals surface area contributed by atoms with Crippen LogP contribution in [0, 0.1) is 0 Å². The van der Waals surface area contributed by atoms with E-state index in [0.29, 0.717) is 18.1 Å². The average molecular weight is 226 g/mol. The molecular weight excluding hydrogens is 200 g/mol. The Morgan fingerprint density at radius 1 is 1.20 bits per heavy atom. The van der Waals surface area contributed by atoms with Crippen LogP contribution in [-0.2, 0) is 0 Å². The maximum Gasteiger partial charge on any atom is 0.120 e. The van der Waals surface area contributed by atoms with Crippen LogP contribution in [0.25, 0.3) is 0 Å². The van der Waals surface area contributed by atoms with Crippen molar-refractivity contribution in [1.82, 2.24) is 4.57 Å². The largest absolute Gasteiger partial charge is 0.312 e. The molecule has 0 spiro atoms. The van der Waals surface area contributed by atoms with Gasteiger partial charge in [0.25, 0.3) is 0 Å². The van der Waals surface area contributed by atoms with Gasteiger partial charge in [-0.1, -0.05) is 33.5 Å². The minimum Gasteiger partial charge on any atom is -0.312 e. The Bertz CT molecular complexity index is 232. The molecule has 1 rings (SSSR count). The molecule has 3 unspecified atom stereocenters. The van der Waals surface area contributed by atoms with Gasteiger partial charge in [0.2, 0.25) is 0 Å². The summed E-state index contributed by atoms with van der Waals surface area (Å²) in [6.07, 6.45) is 4.56. The molecule has 15 heavy (non-hydrogen) atoms. The fraction of sp³-hybridized carbons (Fsp3) is 0.917. The van der Waals surface area contributed by atoms with Gasteiger partial charge >= 0.3 is 0 Å². The highest BCUT2D eigenvalue weighted by Gasteiger charge is 2.38. The first kappa shape index (κ1) is 12.9. The van der Waals surface area contributed by atoms with Crippen molar-refractivity contribution in [3.8, 4) is 0 Å². The first-order chi connectivity index (χ1) is 6.91. The van der Waals surface area contributed by atoms with Crippen molar-refractivity contribution in [1.29, 1.82) is 0 Å². The van der Waals surface area contributed by atoms with Gasteiger partial charge in [0.05, 0.1) is 6.04 Å². The maximum absolute atomic E-state index is 4.70. The van der Waals surface area contributed by atoms with Gasteiger partial charge in [-0.2, -0.15) is 0 Å². The van der Waals surface area contributed by atoms with Crippen LogP contribution in [0.15, 0.2) is 4.99 Å². The summed E-state index contributed by atoms with van der Waals surface area (Å²) in [5.74, 6) is 0. The summed E-state index contributed by atoms with van der Waals surface area (Å²) < 4.78 is 2.76. The highest BCUT2D eigenvalue weighted by molar-refractivity contribution is 6.73. The van der Waals surface area contributed by atoms with Gasteiger partial charge in [-0.3, -0.25) is 4.99 Å². The molecule has 3 atom stereocenters. The minimum absolute atomic E-state index is 0.526. The van der Waals surface area contributed by atoms with Crippen molar-refractivity contribution in [2.75, 3.05) is 0 Å². The second-order valence-corrected chi connectivity index (χ2v) is 10.4. The molecule has 88 valence electrons. The Balaban J connectivity index is 2.96. The first-order valence-corrected chi connectivity index (χ1v) is 9.68. The highest BCUT2D eigenvalue weighted by atomic mass is 28.3. The Morgan fingerprint density at radius 3 is 2.20 bits per heavy atom. The summed E-state index contributed by atoms with van der Waals surface area (Å²) in [5, 5.41) is 0. The number of hydrogen-bond donors (Lipinski definition) is 0. The van der Waals surface area contributed by atoms with E-state index in [1.807, 2.05) is 0 Å². The molecule has 1 heterocycles. The van der Waals surface area contributed by atoms with Crippen LogP contribution in [0.2, 0.25) is 19.6 Å². The highest BCUT2D eigenvalue weighted by Crippen LogP contribution is 2.26. The van der Waals surface area contributed by atoms with Crippen molar-refractivity contribution >= 4 is 14.5 Å². The lowest BCUT2D eigenvalue weighted by molar-refractivity contribution is 0.234. The topological polar surface area (TPSA) is 15.6 Å². The van der Waals surface area contributed by atoms with Crippen molar-refractivity contribution in [2.45, 2.75) is 71.4 Å².